The van der Waals surface area contributed by atoms with Crippen molar-refractivity contribution in [2.75, 3.05) is 7.11 Å². The Bertz CT molecular complexity index is 705. The summed E-state index contributed by atoms with van der Waals surface area (Å²) in [5.74, 6) is 0.582. The molecule has 0 bridgehead atoms. The second kappa shape index (κ2) is 4.10. The fourth-order valence-corrected chi connectivity index (χ4v) is 1.86. The monoisotopic (exact) mass is 240 g/mol. The van der Waals surface area contributed by atoms with Gasteiger partial charge >= 0.3 is 0 Å². The summed E-state index contributed by atoms with van der Waals surface area (Å²) in [7, 11) is 1.60. The first-order valence-electron chi connectivity index (χ1n) is 5.58. The molecule has 5 nitrogen and oxygen atoms in total. The van der Waals surface area contributed by atoms with Gasteiger partial charge in [-0.05, 0) is 24.1 Å². The minimum atomic E-state index is 0.582. The number of hydrogen-bond acceptors (Lipinski definition) is 4. The second-order valence-corrected chi connectivity index (χ2v) is 4.04. The zero-order valence-electron chi connectivity index (χ0n) is 10.2. The molecule has 18 heavy (non-hydrogen) atoms. The normalized spacial score (nSPS) is 10.8. The molecule has 90 valence electrons. The van der Waals surface area contributed by atoms with Crippen LogP contribution in [0.4, 0.5) is 0 Å². The van der Waals surface area contributed by atoms with Crippen molar-refractivity contribution in [1.29, 1.82) is 0 Å². The second-order valence-electron chi connectivity index (χ2n) is 4.04. The lowest BCUT2D eigenvalue weighted by atomic mass is 10.1. The Kier molecular flexibility index (Phi) is 2.44. The van der Waals surface area contributed by atoms with Crippen LogP contribution >= 0.6 is 0 Å². The minimum Gasteiger partial charge on any atom is -0.481 e. The van der Waals surface area contributed by atoms with Gasteiger partial charge in [0.2, 0.25) is 5.88 Å². The molecule has 0 aliphatic heterocycles. The summed E-state index contributed by atoms with van der Waals surface area (Å²) in [5.41, 5.74) is 3.86. The summed E-state index contributed by atoms with van der Waals surface area (Å²) in [6.07, 6.45) is 7.30. The highest BCUT2D eigenvalue weighted by Crippen LogP contribution is 2.25. The van der Waals surface area contributed by atoms with Gasteiger partial charge in [0.05, 0.1) is 13.3 Å². The fraction of sp³-hybridized carbons (Fsp3) is 0.154. The molecule has 3 heterocycles. The smallest absolute Gasteiger partial charge is 0.213 e. The van der Waals surface area contributed by atoms with E-state index >= 15 is 0 Å². The van der Waals surface area contributed by atoms with E-state index in [2.05, 4.69) is 15.1 Å². The lowest BCUT2D eigenvalue weighted by Gasteiger charge is -2.02. The Morgan fingerprint density at radius 1 is 1.22 bits per heavy atom. The van der Waals surface area contributed by atoms with E-state index in [0.717, 1.165) is 22.3 Å². The molecule has 0 fully saturated rings. The van der Waals surface area contributed by atoms with Gasteiger partial charge in [0.15, 0.2) is 5.65 Å². The van der Waals surface area contributed by atoms with Crippen molar-refractivity contribution < 1.29 is 4.74 Å². The number of pyridine rings is 1. The average molecular weight is 240 g/mol. The van der Waals surface area contributed by atoms with Gasteiger partial charge in [-0.3, -0.25) is 0 Å². The van der Waals surface area contributed by atoms with Crippen LogP contribution < -0.4 is 4.74 Å². The summed E-state index contributed by atoms with van der Waals surface area (Å²) >= 11 is 0. The van der Waals surface area contributed by atoms with Crippen LogP contribution in [0.1, 0.15) is 5.56 Å². The number of ether oxygens (including phenoxy) is 1. The minimum absolute atomic E-state index is 0.582. The van der Waals surface area contributed by atoms with Crippen LogP contribution in [0.5, 0.6) is 5.88 Å². The Balaban J connectivity index is 2.19. The predicted molar refractivity (Wildman–Crippen MR) is 67.5 cm³/mol. The summed E-state index contributed by atoms with van der Waals surface area (Å²) in [4.78, 5) is 8.50. The molecular weight excluding hydrogens is 228 g/mol. The van der Waals surface area contributed by atoms with E-state index in [4.69, 9.17) is 4.74 Å². The molecule has 0 saturated carbocycles. The molecule has 3 aromatic rings. The van der Waals surface area contributed by atoms with E-state index in [1.54, 1.807) is 24.0 Å². The largest absolute Gasteiger partial charge is 0.481 e. The predicted octanol–water partition coefficient (Wildman–Crippen LogP) is 2.11. The van der Waals surface area contributed by atoms with Gasteiger partial charge in [0, 0.05) is 30.2 Å². The lowest BCUT2D eigenvalue weighted by Crippen LogP contribution is -1.91. The first-order valence-corrected chi connectivity index (χ1v) is 5.58. The highest BCUT2D eigenvalue weighted by molar-refractivity contribution is 5.77. The third-order valence-corrected chi connectivity index (χ3v) is 2.74. The third-order valence-electron chi connectivity index (χ3n) is 2.74. The number of fused-ring (bicyclic) bond motifs is 1. The Labute approximate surface area is 104 Å². The molecule has 0 unspecified atom stereocenters. The van der Waals surface area contributed by atoms with Crippen LogP contribution in [0.15, 0.2) is 36.9 Å². The van der Waals surface area contributed by atoms with Crippen LogP contribution in [-0.4, -0.2) is 26.7 Å². The molecule has 0 aliphatic carbocycles. The van der Waals surface area contributed by atoms with E-state index in [1.165, 1.54) is 0 Å². The van der Waals surface area contributed by atoms with Gasteiger partial charge in [-0.25, -0.2) is 14.5 Å². The number of rotatable bonds is 2. The van der Waals surface area contributed by atoms with Crippen molar-refractivity contribution in [2.24, 2.45) is 0 Å². The van der Waals surface area contributed by atoms with Crippen molar-refractivity contribution in [3.8, 4) is 17.0 Å². The average Bonchev–Trinajstić information content (AvgIpc) is 2.81. The van der Waals surface area contributed by atoms with Crippen LogP contribution in [0, 0.1) is 6.92 Å². The Morgan fingerprint density at radius 3 is 2.94 bits per heavy atom. The standard InChI is InChI=1S/C13H12N4O/c1-9-6-15-13-11(7-16-17(13)8-9)10-3-4-14-12(5-10)18-2/h3-8H,1-2H3. The zero-order valence-corrected chi connectivity index (χ0v) is 10.2. The lowest BCUT2D eigenvalue weighted by molar-refractivity contribution is 0.398. The molecule has 0 saturated heterocycles. The zero-order chi connectivity index (χ0) is 12.5. The van der Waals surface area contributed by atoms with Gasteiger partial charge in [-0.15, -0.1) is 0 Å². The van der Waals surface area contributed by atoms with Crippen LogP contribution in [0.25, 0.3) is 16.8 Å². The maximum atomic E-state index is 5.13. The van der Waals surface area contributed by atoms with Gasteiger partial charge in [0.1, 0.15) is 0 Å². The number of aryl methyl sites for hydroxylation is 1. The number of hydrogen-bond donors (Lipinski definition) is 0. The molecule has 0 N–H and O–H groups in total. The highest BCUT2D eigenvalue weighted by atomic mass is 16.5. The Morgan fingerprint density at radius 2 is 2.11 bits per heavy atom. The van der Waals surface area contributed by atoms with E-state index in [9.17, 15) is 0 Å². The SMILES string of the molecule is COc1cc(-c2cnn3cc(C)cnc23)ccn1. The van der Waals surface area contributed by atoms with Crippen LogP contribution in [0.2, 0.25) is 0 Å². The fourth-order valence-electron chi connectivity index (χ4n) is 1.86. The molecule has 0 spiro atoms. The molecule has 3 rings (SSSR count). The Hall–Kier alpha value is -2.43. The first-order chi connectivity index (χ1) is 8.78. The molecule has 3 aromatic heterocycles. The molecular formula is C13H12N4O. The van der Waals surface area contributed by atoms with Crippen LogP contribution in [-0.2, 0) is 0 Å². The van der Waals surface area contributed by atoms with E-state index in [1.807, 2.05) is 31.5 Å². The summed E-state index contributed by atoms with van der Waals surface area (Å²) in [6.45, 7) is 1.99. The highest BCUT2D eigenvalue weighted by Gasteiger charge is 2.08. The summed E-state index contributed by atoms with van der Waals surface area (Å²) in [5, 5.41) is 4.30. The van der Waals surface area contributed by atoms with E-state index in [0.29, 0.717) is 5.88 Å². The topological polar surface area (TPSA) is 52.3 Å². The van der Waals surface area contributed by atoms with Gasteiger partial charge in [-0.2, -0.15) is 5.10 Å². The number of methoxy groups -OCH3 is 1. The van der Waals surface area contributed by atoms with Gasteiger partial charge < -0.3 is 4.74 Å². The first kappa shape index (κ1) is 10.7. The molecule has 5 heteroatoms. The maximum absolute atomic E-state index is 5.13. The molecule has 0 aliphatic rings. The number of nitrogens with zero attached hydrogens (tertiary/aromatic N) is 4. The summed E-state index contributed by atoms with van der Waals surface area (Å²) < 4.78 is 6.90. The van der Waals surface area contributed by atoms with E-state index in [-0.39, 0.29) is 0 Å². The maximum Gasteiger partial charge on any atom is 0.213 e. The molecule has 0 amide bonds. The van der Waals surface area contributed by atoms with Crippen LogP contribution in [0.3, 0.4) is 0 Å². The van der Waals surface area contributed by atoms with Crippen molar-refractivity contribution in [2.45, 2.75) is 6.92 Å². The quantitative estimate of drug-likeness (QED) is 0.688. The van der Waals surface area contributed by atoms with E-state index < -0.39 is 0 Å². The van der Waals surface area contributed by atoms with Crippen molar-refractivity contribution in [3.05, 3.63) is 42.5 Å². The van der Waals surface area contributed by atoms with Gasteiger partial charge in [0.25, 0.3) is 0 Å². The number of aromatic nitrogens is 4. The molecule has 0 radical (unpaired) electrons. The summed E-state index contributed by atoms with van der Waals surface area (Å²) in [6, 6.07) is 3.79. The van der Waals surface area contributed by atoms with Gasteiger partial charge in [-0.1, -0.05) is 0 Å². The van der Waals surface area contributed by atoms with Crippen molar-refractivity contribution in [3.63, 3.8) is 0 Å². The van der Waals surface area contributed by atoms with Crippen molar-refractivity contribution in [1.82, 2.24) is 19.6 Å². The molecule has 0 aromatic carbocycles. The van der Waals surface area contributed by atoms with Crippen molar-refractivity contribution >= 4 is 5.65 Å². The molecule has 0 atom stereocenters. The third kappa shape index (κ3) is 1.69.